The molecule has 1 aromatic carbocycles. The van der Waals surface area contributed by atoms with E-state index in [0.29, 0.717) is 5.75 Å². The summed E-state index contributed by atoms with van der Waals surface area (Å²) in [6.45, 7) is 26.6. The van der Waals surface area contributed by atoms with E-state index in [1.54, 1.807) is 19.1 Å². The number of likely N-dealkylation sites (N-methyl/N-ethyl adjacent to an activating group) is 1. The molecule has 1 heterocycles. The second kappa shape index (κ2) is 19.8. The number of hydrogen-bond acceptors (Lipinski definition) is 7. The lowest BCUT2D eigenvalue weighted by atomic mass is 9.81. The van der Waals surface area contributed by atoms with E-state index in [4.69, 9.17) is 29.1 Å². The molecule has 0 saturated heterocycles. The van der Waals surface area contributed by atoms with Gasteiger partial charge in [0.2, 0.25) is 0 Å². The summed E-state index contributed by atoms with van der Waals surface area (Å²) < 4.78 is 30.2. The third-order valence-electron chi connectivity index (χ3n) is 10.5. The zero-order valence-electron chi connectivity index (χ0n) is 33.9. The summed E-state index contributed by atoms with van der Waals surface area (Å²) in [5, 5.41) is 0.00759. The Labute approximate surface area is 310 Å². The molecule has 2 unspecified atom stereocenters. The molecule has 0 saturated carbocycles. The van der Waals surface area contributed by atoms with E-state index in [1.165, 1.54) is 5.57 Å². The Kier molecular flexibility index (Phi) is 17.2. The van der Waals surface area contributed by atoms with Crippen LogP contribution < -0.4 is 15.4 Å². The van der Waals surface area contributed by atoms with Gasteiger partial charge in [0.05, 0.1) is 17.9 Å². The van der Waals surface area contributed by atoms with Crippen molar-refractivity contribution >= 4 is 32.1 Å². The highest BCUT2D eigenvalue weighted by Gasteiger charge is 2.44. The third kappa shape index (κ3) is 12.9. The predicted molar refractivity (Wildman–Crippen MR) is 211 cm³/mol. The Hall–Kier alpha value is -2.92. The topological polar surface area (TPSA) is 110 Å². The molecule has 0 radical (unpaired) electrons. The molecule has 0 aliphatic carbocycles. The number of carbonyl (C=O) groups is 2. The highest BCUT2D eigenvalue weighted by atomic mass is 28.4. The van der Waals surface area contributed by atoms with Gasteiger partial charge in [0.1, 0.15) is 18.6 Å². The van der Waals surface area contributed by atoms with Crippen LogP contribution >= 0.6 is 0 Å². The lowest BCUT2D eigenvalue weighted by Crippen LogP contribution is -2.50. The molecule has 0 aromatic heterocycles. The van der Waals surface area contributed by atoms with Crippen LogP contribution in [0.25, 0.3) is 6.08 Å². The molecule has 2 amide bonds. The summed E-state index contributed by atoms with van der Waals surface area (Å²) in [5.74, 6) is 0.787. The summed E-state index contributed by atoms with van der Waals surface area (Å²) >= 11 is 0. The smallest absolute Gasteiger partial charge is 0.404 e. The second-order valence-electron chi connectivity index (χ2n) is 16.1. The second-order valence-corrected chi connectivity index (χ2v) is 20.8. The fraction of sp³-hybridized carbons (Fsp3) is 0.659. The summed E-state index contributed by atoms with van der Waals surface area (Å²) in [5.41, 5.74) is 8.59. The van der Waals surface area contributed by atoms with Gasteiger partial charge in [0.15, 0.2) is 14.9 Å². The van der Waals surface area contributed by atoms with Gasteiger partial charge in [-0.15, -0.1) is 0 Å². The Morgan fingerprint density at radius 2 is 1.69 bits per heavy atom. The van der Waals surface area contributed by atoms with Crippen LogP contribution in [0.2, 0.25) is 18.1 Å². The van der Waals surface area contributed by atoms with Gasteiger partial charge < -0.3 is 34.0 Å². The molecule has 2 N–H and O–H groups in total. The summed E-state index contributed by atoms with van der Waals surface area (Å²) in [4.78, 5) is 25.9. The van der Waals surface area contributed by atoms with Gasteiger partial charge in [0, 0.05) is 37.8 Å². The Bertz CT molecular complexity index is 1370. The standard InChI is InChI=1S/C41H68N2O7Si/c1-15-16-17-28(3)38(49-40(42)45)32(7)39(50-51(13,14)41(8,9)10)31(6)23-27(2)22-30(5)37(48-26-46-12)29(4)18-19-33-20-21-35-34(24-33)43(11)36(44)25-47-35/h16-22,24,28-32,37-39H,15,23,25-26H2,1-14H3,(H2,42,45)/b17-16-,19-18-,27-22-/t28?,29?,30-,31-,32+,37-,38-,39+/m0/s1. The molecule has 1 aromatic rings. The quantitative estimate of drug-likeness (QED) is 0.0859. The van der Waals surface area contributed by atoms with Gasteiger partial charge in [-0.25, -0.2) is 4.79 Å². The molecule has 1 aliphatic rings. The van der Waals surface area contributed by atoms with Crippen molar-refractivity contribution < 1.29 is 33.0 Å². The number of nitrogens with zero attached hydrogens (tertiary/aromatic N) is 1. The number of hydrogen-bond donors (Lipinski definition) is 1. The lowest BCUT2D eigenvalue weighted by Gasteiger charge is -2.44. The van der Waals surface area contributed by atoms with Crippen molar-refractivity contribution in [3.8, 4) is 5.75 Å². The molecular formula is C41H68N2O7Si. The molecule has 1 aliphatic heterocycles. The Morgan fingerprint density at radius 1 is 1.04 bits per heavy atom. The third-order valence-corrected chi connectivity index (χ3v) is 15.0. The summed E-state index contributed by atoms with van der Waals surface area (Å²) in [7, 11) is 1.21. The molecule has 0 fully saturated rings. The molecule has 51 heavy (non-hydrogen) atoms. The minimum Gasteiger partial charge on any atom is -0.482 e. The summed E-state index contributed by atoms with van der Waals surface area (Å²) in [6, 6.07) is 5.87. The maximum absolute atomic E-state index is 12.2. The van der Waals surface area contributed by atoms with Crippen molar-refractivity contribution in [2.45, 2.75) is 119 Å². The van der Waals surface area contributed by atoms with Crippen molar-refractivity contribution in [1.29, 1.82) is 0 Å². The van der Waals surface area contributed by atoms with Crippen LogP contribution in [0, 0.1) is 29.6 Å². The molecular weight excluding hydrogens is 661 g/mol. The molecule has 0 spiro atoms. The molecule has 9 nitrogen and oxygen atoms in total. The Balaban J connectivity index is 2.36. The molecule has 2 rings (SSSR count). The van der Waals surface area contributed by atoms with Crippen LogP contribution in [-0.2, 0) is 23.4 Å². The first-order valence-corrected chi connectivity index (χ1v) is 21.4. The predicted octanol–water partition coefficient (Wildman–Crippen LogP) is 9.38. The van der Waals surface area contributed by atoms with Crippen molar-refractivity contribution in [3.63, 3.8) is 0 Å². The zero-order chi connectivity index (χ0) is 38.7. The van der Waals surface area contributed by atoms with Gasteiger partial charge in [-0.1, -0.05) is 104 Å². The highest BCUT2D eigenvalue weighted by molar-refractivity contribution is 6.74. The highest BCUT2D eigenvalue weighted by Crippen LogP contribution is 2.41. The van der Waals surface area contributed by atoms with Crippen LogP contribution in [0.3, 0.4) is 0 Å². The van der Waals surface area contributed by atoms with Gasteiger partial charge in [0.25, 0.3) is 5.91 Å². The van der Waals surface area contributed by atoms with Crippen LogP contribution in [0.1, 0.15) is 87.6 Å². The monoisotopic (exact) mass is 728 g/mol. The Morgan fingerprint density at radius 3 is 2.27 bits per heavy atom. The molecule has 288 valence electrons. The lowest BCUT2D eigenvalue weighted by molar-refractivity contribution is -0.121. The van der Waals surface area contributed by atoms with Crippen LogP contribution in [0.15, 0.2) is 48.1 Å². The first-order valence-electron chi connectivity index (χ1n) is 18.5. The molecule has 10 heteroatoms. The average molecular weight is 729 g/mol. The van der Waals surface area contributed by atoms with Gasteiger partial charge >= 0.3 is 6.09 Å². The first-order chi connectivity index (χ1) is 23.7. The van der Waals surface area contributed by atoms with Crippen LogP contribution in [0.5, 0.6) is 5.75 Å². The fourth-order valence-corrected chi connectivity index (χ4v) is 8.14. The van der Waals surface area contributed by atoms with E-state index in [2.05, 4.69) is 113 Å². The van der Waals surface area contributed by atoms with Crippen LogP contribution in [0.4, 0.5) is 10.5 Å². The fourth-order valence-electron chi connectivity index (χ4n) is 6.66. The maximum Gasteiger partial charge on any atom is 0.404 e. The number of benzene rings is 1. The number of ether oxygens (including phenoxy) is 4. The molecule has 0 bridgehead atoms. The summed E-state index contributed by atoms with van der Waals surface area (Å²) in [6.07, 6.45) is 10.9. The number of allylic oxidation sites excluding steroid dienone is 2. The number of primary amides is 1. The van der Waals surface area contributed by atoms with Gasteiger partial charge in [-0.2, -0.15) is 0 Å². The van der Waals surface area contributed by atoms with Gasteiger partial charge in [-0.05, 0) is 61.5 Å². The number of nitrogens with two attached hydrogens (primary N) is 1. The van der Waals surface area contributed by atoms with Gasteiger partial charge in [-0.3, -0.25) is 4.79 Å². The van der Waals surface area contributed by atoms with E-state index in [1.807, 2.05) is 18.2 Å². The van der Waals surface area contributed by atoms with Crippen molar-refractivity contribution in [2.75, 3.05) is 32.5 Å². The van der Waals surface area contributed by atoms with Crippen molar-refractivity contribution in [3.05, 3.63) is 53.6 Å². The van der Waals surface area contributed by atoms with E-state index in [0.717, 1.165) is 24.1 Å². The molecule has 8 atom stereocenters. The number of carbonyl (C=O) groups excluding carboxylic acids is 2. The van der Waals surface area contributed by atoms with Crippen LogP contribution in [-0.4, -0.2) is 66.2 Å². The largest absolute Gasteiger partial charge is 0.482 e. The minimum atomic E-state index is -2.20. The van der Waals surface area contributed by atoms with E-state index in [-0.39, 0.29) is 66.1 Å². The average Bonchev–Trinajstić information content (AvgIpc) is 3.04. The maximum atomic E-state index is 12.2. The number of anilines is 1. The first kappa shape index (κ1) is 44.2. The SMILES string of the molecule is CC/C=C\C(C)[C@H](OC(N)=O)[C@@H](C)[C@H](O[Si](C)(C)C(C)(C)C)[C@@H](C)C/C(C)=C\[C@H](C)[C@@H](OCOC)C(C)/C=C\c1ccc2c(c1)N(C)C(=O)CO2. The van der Waals surface area contributed by atoms with Crippen molar-refractivity contribution in [1.82, 2.24) is 0 Å². The van der Waals surface area contributed by atoms with Crippen molar-refractivity contribution in [2.24, 2.45) is 35.3 Å². The number of rotatable bonds is 19. The minimum absolute atomic E-state index is 0.00759. The van der Waals surface area contributed by atoms with E-state index < -0.39 is 20.5 Å². The zero-order valence-corrected chi connectivity index (χ0v) is 34.9. The normalized spacial score (nSPS) is 19.2. The number of amides is 2. The number of fused-ring (bicyclic) bond motifs is 1. The number of methoxy groups -OCH3 is 1. The van der Waals surface area contributed by atoms with E-state index in [9.17, 15) is 9.59 Å². The van der Waals surface area contributed by atoms with E-state index >= 15 is 0 Å².